The van der Waals surface area contributed by atoms with E-state index in [2.05, 4.69) is 68.5 Å². The normalized spacial score (nSPS) is 20.4. The summed E-state index contributed by atoms with van der Waals surface area (Å²) in [4.78, 5) is 23.5. The summed E-state index contributed by atoms with van der Waals surface area (Å²) < 4.78 is 0. The Morgan fingerprint density at radius 1 is 0.889 bits per heavy atom. The first-order valence-electron chi connectivity index (χ1n) is 12.6. The van der Waals surface area contributed by atoms with Gasteiger partial charge in [-0.05, 0) is 11.6 Å². The summed E-state index contributed by atoms with van der Waals surface area (Å²) in [5.41, 5.74) is 2.23. The fourth-order valence-electron chi connectivity index (χ4n) is 5.19. The van der Waals surface area contributed by atoms with Crippen molar-refractivity contribution in [3.05, 3.63) is 78.0 Å². The van der Waals surface area contributed by atoms with E-state index >= 15 is 0 Å². The van der Waals surface area contributed by atoms with E-state index in [1.165, 1.54) is 5.56 Å². The highest BCUT2D eigenvalue weighted by molar-refractivity contribution is 5.96. The van der Waals surface area contributed by atoms with Crippen LogP contribution in [0.1, 0.15) is 11.3 Å². The van der Waals surface area contributed by atoms with Crippen LogP contribution in [0.25, 0.3) is 10.8 Å². The second-order valence-electron chi connectivity index (χ2n) is 9.71. The van der Waals surface area contributed by atoms with Gasteiger partial charge in [0.05, 0.1) is 24.3 Å². The average Bonchev–Trinajstić information content (AvgIpc) is 2.92. The summed E-state index contributed by atoms with van der Waals surface area (Å²) >= 11 is 0. The third-order valence-electron chi connectivity index (χ3n) is 7.28. The minimum absolute atomic E-state index is 0.0605. The lowest BCUT2D eigenvalue weighted by molar-refractivity contribution is -0.143. The summed E-state index contributed by atoms with van der Waals surface area (Å²) in [7, 11) is 0. The zero-order valence-electron chi connectivity index (χ0n) is 20.2. The van der Waals surface area contributed by atoms with Crippen LogP contribution >= 0.6 is 0 Å². The molecule has 2 saturated heterocycles. The van der Waals surface area contributed by atoms with Crippen molar-refractivity contribution in [1.82, 2.24) is 20.0 Å². The van der Waals surface area contributed by atoms with Crippen LogP contribution < -0.4 is 4.90 Å². The van der Waals surface area contributed by atoms with Gasteiger partial charge in [0, 0.05) is 56.5 Å². The maximum absolute atomic E-state index is 12.5. The van der Waals surface area contributed by atoms with Crippen LogP contribution in [0.5, 0.6) is 0 Å². The van der Waals surface area contributed by atoms with Crippen molar-refractivity contribution in [3.63, 3.8) is 0 Å². The first-order valence-corrected chi connectivity index (χ1v) is 12.6. The van der Waals surface area contributed by atoms with Gasteiger partial charge >= 0.3 is 0 Å². The van der Waals surface area contributed by atoms with Crippen LogP contribution in [0.15, 0.2) is 71.7 Å². The number of hydrogen-bond donors (Lipinski definition) is 1. The second-order valence-corrected chi connectivity index (χ2v) is 9.71. The summed E-state index contributed by atoms with van der Waals surface area (Å²) in [6.45, 7) is 4.68. The molecule has 0 aliphatic carbocycles. The van der Waals surface area contributed by atoms with Crippen LogP contribution in [0.2, 0.25) is 0 Å². The number of amides is 1. The smallest absolute Gasteiger partial charge is 0.231 e. The number of likely N-dealkylation sites (tertiary alicyclic amines) is 1. The zero-order valence-corrected chi connectivity index (χ0v) is 20.2. The molecule has 8 nitrogen and oxygen atoms in total. The largest absolute Gasteiger partial charge is 0.389 e. The molecule has 6 rings (SSSR count). The molecule has 8 heteroatoms. The molecule has 1 aromatic heterocycles. The highest BCUT2D eigenvalue weighted by atomic mass is 16.3. The predicted octanol–water partition coefficient (Wildman–Crippen LogP) is 2.13. The molecule has 0 saturated carbocycles. The van der Waals surface area contributed by atoms with E-state index in [1.807, 2.05) is 18.2 Å². The molecule has 1 amide bonds. The summed E-state index contributed by atoms with van der Waals surface area (Å²) in [5.74, 6) is 1.71. The molecule has 1 N–H and O–H groups in total. The van der Waals surface area contributed by atoms with Crippen LogP contribution in [-0.4, -0.2) is 88.8 Å². The Hall–Kier alpha value is -3.78. The number of aliphatic imine (C=N–C) groups is 1. The van der Waals surface area contributed by atoms with E-state index in [9.17, 15) is 9.90 Å². The third-order valence-corrected chi connectivity index (χ3v) is 7.28. The maximum atomic E-state index is 12.5. The number of carbonyl (C=O) groups is 1. The van der Waals surface area contributed by atoms with Crippen LogP contribution in [0, 0.1) is 5.92 Å². The number of aliphatic hydroxyl groups excluding tert-OH is 1. The average molecular weight is 483 g/mol. The van der Waals surface area contributed by atoms with E-state index in [1.54, 1.807) is 4.90 Å². The molecule has 4 heterocycles. The molecule has 1 atom stereocenters. The van der Waals surface area contributed by atoms with Gasteiger partial charge < -0.3 is 19.8 Å². The van der Waals surface area contributed by atoms with E-state index < -0.39 is 0 Å². The molecule has 3 aliphatic rings. The minimum atomic E-state index is -0.376. The monoisotopic (exact) mass is 482 g/mol. The summed E-state index contributed by atoms with van der Waals surface area (Å²) in [6.07, 6.45) is 4.33. The Labute approximate surface area is 210 Å². The number of amidine groups is 1. The number of aliphatic hydroxyl groups is 1. The Bertz CT molecular complexity index is 1310. The predicted molar refractivity (Wildman–Crippen MR) is 140 cm³/mol. The number of dihydropyridines is 1. The molecular formula is C28H30N6O2. The molecule has 0 spiro atoms. The van der Waals surface area contributed by atoms with Crippen molar-refractivity contribution in [2.45, 2.75) is 12.5 Å². The Balaban J connectivity index is 1.12. The highest BCUT2D eigenvalue weighted by Crippen LogP contribution is 2.28. The lowest BCUT2D eigenvalue weighted by atomic mass is 10.0. The number of carbonyl (C=O) groups excluding carboxylic acids is 1. The van der Waals surface area contributed by atoms with Crippen molar-refractivity contribution in [3.8, 4) is 0 Å². The van der Waals surface area contributed by atoms with Gasteiger partial charge in [0.1, 0.15) is 5.84 Å². The number of piperazine rings is 1. The number of fused-ring (bicyclic) bond motifs is 1. The standard InChI is InChI=1S/C28H30N6O2/c35-22-18-34(19-22)28(36)21-10-11-26(29-17-21)32-12-14-33(15-13-32)27-24-9-5-4-8-23(24)25(30-31-27)16-20-6-2-1-3-7-20/h1-11,21-22,35H,12-19H2. The van der Waals surface area contributed by atoms with Gasteiger partial charge in [0.15, 0.2) is 5.82 Å². The van der Waals surface area contributed by atoms with Gasteiger partial charge in [-0.2, -0.15) is 5.10 Å². The quantitative estimate of drug-likeness (QED) is 0.613. The summed E-state index contributed by atoms with van der Waals surface area (Å²) in [6, 6.07) is 18.8. The number of hydrogen-bond acceptors (Lipinski definition) is 7. The van der Waals surface area contributed by atoms with Gasteiger partial charge in [-0.15, -0.1) is 5.10 Å². The maximum Gasteiger partial charge on any atom is 0.231 e. The lowest BCUT2D eigenvalue weighted by Gasteiger charge is -2.39. The fraction of sp³-hybridized carbons (Fsp3) is 0.357. The number of benzene rings is 2. The molecule has 184 valence electrons. The fourth-order valence-corrected chi connectivity index (χ4v) is 5.19. The molecular weight excluding hydrogens is 452 g/mol. The SMILES string of the molecule is O=C(C1C=CC(N2CCN(c3nnc(Cc4ccccc4)c4ccccc34)CC2)=NC1)N1CC(O)C1. The molecule has 1 unspecified atom stereocenters. The molecule has 3 aliphatic heterocycles. The van der Waals surface area contributed by atoms with Crippen molar-refractivity contribution in [1.29, 1.82) is 0 Å². The number of aromatic nitrogens is 2. The van der Waals surface area contributed by atoms with Crippen molar-refractivity contribution in [2.24, 2.45) is 10.9 Å². The Morgan fingerprint density at radius 3 is 2.28 bits per heavy atom. The first kappa shape index (κ1) is 22.7. The topological polar surface area (TPSA) is 85.2 Å². The van der Waals surface area contributed by atoms with E-state index in [0.717, 1.165) is 60.7 Å². The first-order chi connectivity index (χ1) is 17.7. The molecule has 0 radical (unpaired) electrons. The molecule has 3 aromatic rings. The Morgan fingerprint density at radius 2 is 1.58 bits per heavy atom. The minimum Gasteiger partial charge on any atom is -0.389 e. The molecule has 2 aromatic carbocycles. The second kappa shape index (κ2) is 9.70. The summed E-state index contributed by atoms with van der Waals surface area (Å²) in [5, 5.41) is 21.1. The lowest BCUT2D eigenvalue weighted by Crippen LogP contribution is -2.55. The van der Waals surface area contributed by atoms with Gasteiger partial charge in [0.25, 0.3) is 0 Å². The molecule has 0 bridgehead atoms. The van der Waals surface area contributed by atoms with Gasteiger partial charge in [-0.3, -0.25) is 9.79 Å². The van der Waals surface area contributed by atoms with E-state index in [4.69, 9.17) is 4.99 Å². The highest BCUT2D eigenvalue weighted by Gasteiger charge is 2.33. The van der Waals surface area contributed by atoms with Crippen molar-refractivity contribution < 1.29 is 9.90 Å². The number of nitrogens with zero attached hydrogens (tertiary/aromatic N) is 6. The van der Waals surface area contributed by atoms with Crippen molar-refractivity contribution >= 4 is 28.3 Å². The van der Waals surface area contributed by atoms with Crippen molar-refractivity contribution in [2.75, 3.05) is 50.7 Å². The van der Waals surface area contributed by atoms with Crippen LogP contribution in [0.3, 0.4) is 0 Å². The van der Waals surface area contributed by atoms with Crippen LogP contribution in [0.4, 0.5) is 5.82 Å². The third kappa shape index (κ3) is 4.44. The Kier molecular flexibility index (Phi) is 6.11. The number of β-amino-alcohol motifs (C(OH)–C–C–N with tert-alkyl or cyclic N) is 1. The molecule has 2 fully saturated rings. The van der Waals surface area contributed by atoms with Gasteiger partial charge in [-0.1, -0.05) is 60.7 Å². The van der Waals surface area contributed by atoms with Gasteiger partial charge in [-0.25, -0.2) is 0 Å². The number of anilines is 1. The van der Waals surface area contributed by atoms with E-state index in [-0.39, 0.29) is 17.9 Å². The molecule has 36 heavy (non-hydrogen) atoms. The van der Waals surface area contributed by atoms with E-state index in [0.29, 0.717) is 19.6 Å². The number of rotatable bonds is 4. The zero-order chi connectivity index (χ0) is 24.5. The van der Waals surface area contributed by atoms with Gasteiger partial charge in [0.2, 0.25) is 5.91 Å². The van der Waals surface area contributed by atoms with Crippen LogP contribution in [-0.2, 0) is 11.2 Å².